The molecule has 0 spiro atoms. The van der Waals surface area contributed by atoms with Crippen LogP contribution in [0.1, 0.15) is 45.9 Å². The van der Waals surface area contributed by atoms with Crippen LogP contribution in [0.4, 0.5) is 24.5 Å². The van der Waals surface area contributed by atoms with Gasteiger partial charge in [-0.15, -0.1) is 5.10 Å². The summed E-state index contributed by atoms with van der Waals surface area (Å²) in [5, 5.41) is 21.2. The zero-order valence-electron chi connectivity index (χ0n) is 20.0. The Hall–Kier alpha value is -4.55. The maximum absolute atomic E-state index is 12.9. The molecule has 4 rings (SSSR count). The summed E-state index contributed by atoms with van der Waals surface area (Å²) < 4.78 is 45.8. The fourth-order valence-corrected chi connectivity index (χ4v) is 3.76. The molecule has 38 heavy (non-hydrogen) atoms. The van der Waals surface area contributed by atoms with Crippen molar-refractivity contribution >= 4 is 17.3 Å². The number of oxazole rings is 1. The van der Waals surface area contributed by atoms with Gasteiger partial charge in [-0.25, -0.2) is 4.98 Å². The standard InChI is InChI=1S/C25H23F3N6O4/c26-25(27,28)19-9-10-20(22(15-19)34(36)37)31-24(35)21-16-38-23(30-21)11-8-18-6-4-17(5-7-18)3-1-2-13-33-14-12-29-32-33/h4-7,9-10,12,14-16H,1-3,8,11,13H2,(H,31,35). The Balaban J connectivity index is 1.28. The van der Waals surface area contributed by atoms with Crippen LogP contribution < -0.4 is 5.32 Å². The molecule has 10 nitrogen and oxygen atoms in total. The van der Waals surface area contributed by atoms with Gasteiger partial charge in [0.1, 0.15) is 12.0 Å². The molecule has 4 aromatic rings. The van der Waals surface area contributed by atoms with Gasteiger partial charge >= 0.3 is 6.18 Å². The predicted molar refractivity (Wildman–Crippen MR) is 129 cm³/mol. The third kappa shape index (κ3) is 7.02. The first kappa shape index (κ1) is 26.5. The van der Waals surface area contributed by atoms with E-state index in [4.69, 9.17) is 4.42 Å². The van der Waals surface area contributed by atoms with E-state index in [9.17, 15) is 28.1 Å². The number of nitrogens with zero attached hydrogens (tertiary/aromatic N) is 5. The fourth-order valence-electron chi connectivity index (χ4n) is 3.76. The average molecular weight is 528 g/mol. The molecule has 198 valence electrons. The number of hydrogen-bond donors (Lipinski definition) is 1. The van der Waals surface area contributed by atoms with Gasteiger partial charge in [-0.1, -0.05) is 29.5 Å². The molecule has 0 radical (unpaired) electrons. The summed E-state index contributed by atoms with van der Waals surface area (Å²) in [4.78, 5) is 26.8. The molecule has 0 saturated carbocycles. The van der Waals surface area contributed by atoms with Crippen LogP contribution in [0.25, 0.3) is 0 Å². The van der Waals surface area contributed by atoms with Crippen LogP contribution in [0.5, 0.6) is 0 Å². The number of aryl methyl sites for hydroxylation is 4. The van der Waals surface area contributed by atoms with E-state index in [-0.39, 0.29) is 17.3 Å². The highest BCUT2D eigenvalue weighted by molar-refractivity contribution is 6.03. The fraction of sp³-hybridized carbons (Fsp3) is 0.280. The molecule has 0 aliphatic rings. The number of aromatic nitrogens is 4. The minimum absolute atomic E-state index is 0.143. The lowest BCUT2D eigenvalue weighted by molar-refractivity contribution is -0.384. The molecule has 2 aromatic carbocycles. The van der Waals surface area contributed by atoms with Gasteiger partial charge in [-0.05, 0) is 48.9 Å². The molecule has 0 fully saturated rings. The molecule has 2 aromatic heterocycles. The van der Waals surface area contributed by atoms with Crippen molar-refractivity contribution in [2.24, 2.45) is 0 Å². The van der Waals surface area contributed by atoms with Crippen LogP contribution in [0.3, 0.4) is 0 Å². The van der Waals surface area contributed by atoms with E-state index in [2.05, 4.69) is 32.7 Å². The van der Waals surface area contributed by atoms with Crippen LogP contribution in [0.2, 0.25) is 0 Å². The van der Waals surface area contributed by atoms with Crippen LogP contribution in [0.15, 0.2) is 65.5 Å². The van der Waals surface area contributed by atoms with E-state index in [1.165, 1.54) is 5.56 Å². The van der Waals surface area contributed by atoms with Crippen molar-refractivity contribution < 1.29 is 27.3 Å². The van der Waals surface area contributed by atoms with Gasteiger partial charge in [0.15, 0.2) is 11.6 Å². The summed E-state index contributed by atoms with van der Waals surface area (Å²) in [7, 11) is 0. The number of amides is 1. The maximum Gasteiger partial charge on any atom is 0.416 e. The summed E-state index contributed by atoms with van der Waals surface area (Å²) in [5.74, 6) is -0.551. The first-order valence-electron chi connectivity index (χ1n) is 11.7. The Bertz CT molecular complexity index is 1390. The molecule has 0 atom stereocenters. The number of nitrogens with one attached hydrogen (secondary N) is 1. The van der Waals surface area contributed by atoms with Crippen LogP contribution in [-0.2, 0) is 32.0 Å². The van der Waals surface area contributed by atoms with E-state index in [0.29, 0.717) is 25.0 Å². The quantitative estimate of drug-likeness (QED) is 0.160. The van der Waals surface area contributed by atoms with Gasteiger partial charge in [0.25, 0.3) is 11.6 Å². The predicted octanol–water partition coefficient (Wildman–Crippen LogP) is 5.25. The molecule has 0 saturated heterocycles. The molecule has 0 bridgehead atoms. The number of carbonyl (C=O) groups excluding carboxylic acids is 1. The largest absolute Gasteiger partial charge is 0.448 e. The Morgan fingerprint density at radius 3 is 2.45 bits per heavy atom. The van der Waals surface area contributed by atoms with E-state index in [1.54, 1.807) is 10.9 Å². The number of halogens is 3. The van der Waals surface area contributed by atoms with Crippen LogP contribution >= 0.6 is 0 Å². The number of rotatable bonds is 11. The normalized spacial score (nSPS) is 11.4. The highest BCUT2D eigenvalue weighted by atomic mass is 19.4. The molecular formula is C25H23F3N6O4. The third-order valence-corrected chi connectivity index (χ3v) is 5.78. The number of hydrogen-bond acceptors (Lipinski definition) is 7. The molecule has 1 N–H and O–H groups in total. The van der Waals surface area contributed by atoms with E-state index >= 15 is 0 Å². The first-order chi connectivity index (χ1) is 18.2. The lowest BCUT2D eigenvalue weighted by Gasteiger charge is -2.09. The smallest absolute Gasteiger partial charge is 0.416 e. The summed E-state index contributed by atoms with van der Waals surface area (Å²) in [6, 6.07) is 10.0. The number of carbonyl (C=O) groups is 1. The monoisotopic (exact) mass is 528 g/mol. The zero-order chi connectivity index (χ0) is 27.1. The lowest BCUT2D eigenvalue weighted by Crippen LogP contribution is -2.14. The van der Waals surface area contributed by atoms with E-state index < -0.39 is 28.3 Å². The molecule has 0 aliphatic carbocycles. The minimum Gasteiger partial charge on any atom is -0.448 e. The minimum atomic E-state index is -4.76. The molecule has 0 aliphatic heterocycles. The highest BCUT2D eigenvalue weighted by Gasteiger charge is 2.33. The van der Waals surface area contributed by atoms with Crippen molar-refractivity contribution in [1.82, 2.24) is 20.0 Å². The highest BCUT2D eigenvalue weighted by Crippen LogP contribution is 2.35. The molecule has 13 heteroatoms. The van der Waals surface area contributed by atoms with Crippen molar-refractivity contribution in [3.8, 4) is 0 Å². The molecule has 1 amide bonds. The number of unbranched alkanes of at least 4 members (excludes halogenated alkanes) is 1. The molecule has 0 unspecified atom stereocenters. The second kappa shape index (κ2) is 11.7. The van der Waals surface area contributed by atoms with Crippen LogP contribution in [0, 0.1) is 10.1 Å². The topological polar surface area (TPSA) is 129 Å². The van der Waals surface area contributed by atoms with E-state index in [1.807, 2.05) is 18.3 Å². The zero-order valence-corrected chi connectivity index (χ0v) is 20.0. The average Bonchev–Trinajstić information content (AvgIpc) is 3.58. The number of nitro groups is 1. The molecular weight excluding hydrogens is 505 g/mol. The van der Waals surface area contributed by atoms with Gasteiger partial charge < -0.3 is 9.73 Å². The summed E-state index contributed by atoms with van der Waals surface area (Å²) >= 11 is 0. The second-order valence-electron chi connectivity index (χ2n) is 8.51. The maximum atomic E-state index is 12.9. The van der Waals surface area contributed by atoms with Crippen molar-refractivity contribution in [2.45, 2.75) is 44.8 Å². The summed E-state index contributed by atoms with van der Waals surface area (Å²) in [6.45, 7) is 0.829. The Labute approximate surface area is 214 Å². The van der Waals surface area contributed by atoms with Gasteiger partial charge in [-0.2, -0.15) is 13.2 Å². The van der Waals surface area contributed by atoms with Gasteiger partial charge in [0, 0.05) is 25.2 Å². The van der Waals surface area contributed by atoms with Crippen molar-refractivity contribution in [1.29, 1.82) is 0 Å². The number of nitro benzene ring substituents is 1. The van der Waals surface area contributed by atoms with Crippen LogP contribution in [-0.4, -0.2) is 30.8 Å². The van der Waals surface area contributed by atoms with Crippen molar-refractivity contribution in [2.75, 3.05) is 5.32 Å². The summed E-state index contributed by atoms with van der Waals surface area (Å²) in [5.41, 5.74) is -0.315. The van der Waals surface area contributed by atoms with Gasteiger partial charge in [0.05, 0.1) is 16.7 Å². The third-order valence-electron chi connectivity index (χ3n) is 5.78. The number of benzene rings is 2. The van der Waals surface area contributed by atoms with Crippen molar-refractivity contribution in [3.63, 3.8) is 0 Å². The Morgan fingerprint density at radius 1 is 1.05 bits per heavy atom. The van der Waals surface area contributed by atoms with Gasteiger partial charge in [0.2, 0.25) is 0 Å². The van der Waals surface area contributed by atoms with E-state index in [0.717, 1.165) is 43.7 Å². The number of alkyl halides is 3. The Morgan fingerprint density at radius 2 is 1.79 bits per heavy atom. The van der Waals surface area contributed by atoms with Crippen molar-refractivity contribution in [3.05, 3.63) is 99.5 Å². The lowest BCUT2D eigenvalue weighted by atomic mass is 10.0. The Kier molecular flexibility index (Phi) is 8.14. The van der Waals surface area contributed by atoms with Gasteiger partial charge in [-0.3, -0.25) is 19.6 Å². The second-order valence-corrected chi connectivity index (χ2v) is 8.51. The summed E-state index contributed by atoms with van der Waals surface area (Å²) in [6.07, 6.45) is 3.82. The number of anilines is 1. The molecule has 2 heterocycles. The SMILES string of the molecule is O=C(Nc1ccc(C(F)(F)F)cc1[N+](=O)[O-])c1coc(CCc2ccc(CCCCn3ccnn3)cc2)n1. The first-order valence-corrected chi connectivity index (χ1v) is 11.7.